The summed E-state index contributed by atoms with van der Waals surface area (Å²) in [5.41, 5.74) is 7.48. The number of hydrogen-bond donors (Lipinski definition) is 2. The van der Waals surface area contributed by atoms with E-state index in [1.54, 1.807) is 13.2 Å². The van der Waals surface area contributed by atoms with Gasteiger partial charge in [-0.25, -0.2) is 0 Å². The lowest BCUT2D eigenvalue weighted by Gasteiger charge is -2.15. The van der Waals surface area contributed by atoms with Crippen LogP contribution in [-0.4, -0.2) is 18.8 Å². The number of hydrogen-bond acceptors (Lipinski definition) is 3. The molecule has 1 unspecified atom stereocenters. The highest BCUT2D eigenvalue weighted by molar-refractivity contribution is 5.46. The highest BCUT2D eigenvalue weighted by atomic mass is 16.5. The summed E-state index contributed by atoms with van der Waals surface area (Å²) in [5, 5.41) is 9.82. The molecule has 3 nitrogen and oxygen atoms in total. The van der Waals surface area contributed by atoms with Crippen LogP contribution in [0.4, 0.5) is 0 Å². The summed E-state index contributed by atoms with van der Waals surface area (Å²) in [6.07, 6.45) is 0.874. The van der Waals surface area contributed by atoms with Crippen molar-refractivity contribution in [2.75, 3.05) is 13.7 Å². The molecule has 0 aliphatic rings. The van der Waals surface area contributed by atoms with Gasteiger partial charge in [-0.2, -0.15) is 0 Å². The van der Waals surface area contributed by atoms with Gasteiger partial charge in [-0.1, -0.05) is 6.92 Å². The van der Waals surface area contributed by atoms with E-state index < -0.39 is 0 Å². The maximum atomic E-state index is 9.82. The van der Waals surface area contributed by atoms with Gasteiger partial charge in [0.1, 0.15) is 11.5 Å². The molecule has 0 aliphatic carbocycles. The zero-order chi connectivity index (χ0) is 11.4. The first-order valence-corrected chi connectivity index (χ1v) is 5.17. The van der Waals surface area contributed by atoms with Crippen molar-refractivity contribution in [3.63, 3.8) is 0 Å². The number of benzene rings is 1. The molecule has 0 radical (unpaired) electrons. The Hall–Kier alpha value is -1.22. The quantitative estimate of drug-likeness (QED) is 0.799. The molecular formula is C12H19NO2. The zero-order valence-corrected chi connectivity index (χ0v) is 9.58. The molecule has 0 saturated carbocycles. The summed E-state index contributed by atoms with van der Waals surface area (Å²) in [6, 6.07) is 3.63. The summed E-state index contributed by atoms with van der Waals surface area (Å²) >= 11 is 0. The van der Waals surface area contributed by atoms with Crippen LogP contribution in [0.15, 0.2) is 12.1 Å². The third kappa shape index (κ3) is 2.63. The second kappa shape index (κ2) is 5.03. The van der Waals surface area contributed by atoms with Gasteiger partial charge in [0.2, 0.25) is 0 Å². The number of ether oxygens (including phenoxy) is 1. The standard InChI is InChI=1S/C12H19NO2/c1-8(4-5-13)10-6-9(2)12(15-3)7-11(10)14/h6-8,14H,4-5,13H2,1-3H3. The first-order chi connectivity index (χ1) is 7.10. The summed E-state index contributed by atoms with van der Waals surface area (Å²) in [4.78, 5) is 0. The number of nitrogens with two attached hydrogens (primary N) is 1. The number of methoxy groups -OCH3 is 1. The largest absolute Gasteiger partial charge is 0.508 e. The Morgan fingerprint density at radius 3 is 2.67 bits per heavy atom. The lowest BCUT2D eigenvalue weighted by atomic mass is 9.95. The molecule has 3 heteroatoms. The van der Waals surface area contributed by atoms with Crippen molar-refractivity contribution < 1.29 is 9.84 Å². The number of rotatable bonds is 4. The van der Waals surface area contributed by atoms with Gasteiger partial charge in [0, 0.05) is 6.07 Å². The van der Waals surface area contributed by atoms with Gasteiger partial charge >= 0.3 is 0 Å². The molecule has 0 heterocycles. The van der Waals surface area contributed by atoms with Crippen LogP contribution >= 0.6 is 0 Å². The Morgan fingerprint density at radius 1 is 1.47 bits per heavy atom. The molecule has 0 spiro atoms. The number of aryl methyl sites for hydroxylation is 1. The molecule has 3 N–H and O–H groups in total. The van der Waals surface area contributed by atoms with Gasteiger partial charge in [-0.3, -0.25) is 0 Å². The van der Waals surface area contributed by atoms with E-state index in [2.05, 4.69) is 6.92 Å². The van der Waals surface area contributed by atoms with E-state index in [0.29, 0.717) is 12.3 Å². The number of phenolic OH excluding ortho intramolecular Hbond substituents is 1. The van der Waals surface area contributed by atoms with E-state index in [1.165, 1.54) is 0 Å². The molecule has 0 bridgehead atoms. The van der Waals surface area contributed by atoms with Crippen molar-refractivity contribution in [3.8, 4) is 11.5 Å². The van der Waals surface area contributed by atoms with Crippen LogP contribution in [-0.2, 0) is 0 Å². The first-order valence-electron chi connectivity index (χ1n) is 5.17. The Kier molecular flexibility index (Phi) is 3.97. The molecule has 1 atom stereocenters. The number of aromatic hydroxyl groups is 1. The van der Waals surface area contributed by atoms with Gasteiger partial charge in [-0.15, -0.1) is 0 Å². The lowest BCUT2D eigenvalue weighted by Crippen LogP contribution is -2.05. The maximum absolute atomic E-state index is 9.82. The van der Waals surface area contributed by atoms with Crippen molar-refractivity contribution in [2.24, 2.45) is 5.73 Å². The monoisotopic (exact) mass is 209 g/mol. The average Bonchev–Trinajstić information content (AvgIpc) is 2.21. The van der Waals surface area contributed by atoms with Crippen molar-refractivity contribution in [3.05, 3.63) is 23.3 Å². The van der Waals surface area contributed by atoms with E-state index in [-0.39, 0.29) is 5.92 Å². The van der Waals surface area contributed by atoms with Crippen molar-refractivity contribution in [1.82, 2.24) is 0 Å². The molecule has 0 amide bonds. The minimum atomic E-state index is 0.277. The smallest absolute Gasteiger partial charge is 0.125 e. The SMILES string of the molecule is COc1cc(O)c(C(C)CCN)cc1C. The normalized spacial score (nSPS) is 12.5. The molecule has 0 fully saturated rings. The van der Waals surface area contributed by atoms with E-state index in [4.69, 9.17) is 10.5 Å². The van der Waals surface area contributed by atoms with Crippen molar-refractivity contribution >= 4 is 0 Å². The van der Waals surface area contributed by atoms with Gasteiger partial charge in [-0.05, 0) is 43.0 Å². The molecule has 1 aromatic carbocycles. The fourth-order valence-electron chi connectivity index (χ4n) is 1.72. The molecule has 0 saturated heterocycles. The summed E-state index contributed by atoms with van der Waals surface area (Å²) < 4.78 is 5.14. The van der Waals surface area contributed by atoms with Gasteiger partial charge in [0.25, 0.3) is 0 Å². The minimum absolute atomic E-state index is 0.277. The minimum Gasteiger partial charge on any atom is -0.508 e. The van der Waals surface area contributed by atoms with Crippen LogP contribution in [0, 0.1) is 6.92 Å². The van der Waals surface area contributed by atoms with Gasteiger partial charge in [0.15, 0.2) is 0 Å². The Morgan fingerprint density at radius 2 is 2.13 bits per heavy atom. The van der Waals surface area contributed by atoms with E-state index in [0.717, 1.165) is 23.3 Å². The molecule has 1 aromatic rings. The van der Waals surface area contributed by atoms with Crippen LogP contribution in [0.3, 0.4) is 0 Å². The molecular weight excluding hydrogens is 190 g/mol. The number of phenols is 1. The van der Waals surface area contributed by atoms with Gasteiger partial charge in [0.05, 0.1) is 7.11 Å². The average molecular weight is 209 g/mol. The third-order valence-corrected chi connectivity index (χ3v) is 2.67. The fourth-order valence-corrected chi connectivity index (χ4v) is 1.72. The fraction of sp³-hybridized carbons (Fsp3) is 0.500. The molecule has 84 valence electrons. The van der Waals surface area contributed by atoms with Crippen LogP contribution in [0.5, 0.6) is 11.5 Å². The first kappa shape index (κ1) is 11.9. The summed E-state index contributed by atoms with van der Waals surface area (Å²) in [6.45, 7) is 4.66. The molecule has 1 rings (SSSR count). The second-order valence-corrected chi connectivity index (χ2v) is 3.86. The van der Waals surface area contributed by atoms with Gasteiger partial charge < -0.3 is 15.6 Å². The Labute approximate surface area is 90.9 Å². The Bertz CT molecular complexity index is 337. The highest BCUT2D eigenvalue weighted by Gasteiger charge is 2.12. The molecule has 15 heavy (non-hydrogen) atoms. The second-order valence-electron chi connectivity index (χ2n) is 3.86. The van der Waals surface area contributed by atoms with Crippen LogP contribution in [0.1, 0.15) is 30.4 Å². The summed E-state index contributed by atoms with van der Waals surface area (Å²) in [7, 11) is 1.60. The Balaban J connectivity index is 3.04. The predicted octanol–water partition coefficient (Wildman–Crippen LogP) is 2.16. The summed E-state index contributed by atoms with van der Waals surface area (Å²) in [5.74, 6) is 1.29. The molecule has 0 aliphatic heterocycles. The van der Waals surface area contributed by atoms with Crippen molar-refractivity contribution in [2.45, 2.75) is 26.2 Å². The third-order valence-electron chi connectivity index (χ3n) is 2.67. The van der Waals surface area contributed by atoms with Crippen LogP contribution in [0.2, 0.25) is 0 Å². The van der Waals surface area contributed by atoms with Crippen molar-refractivity contribution in [1.29, 1.82) is 0 Å². The maximum Gasteiger partial charge on any atom is 0.125 e. The van der Waals surface area contributed by atoms with E-state index in [1.807, 2.05) is 13.0 Å². The predicted molar refractivity (Wildman–Crippen MR) is 61.5 cm³/mol. The topological polar surface area (TPSA) is 55.5 Å². The highest BCUT2D eigenvalue weighted by Crippen LogP contribution is 2.33. The van der Waals surface area contributed by atoms with E-state index in [9.17, 15) is 5.11 Å². The lowest BCUT2D eigenvalue weighted by molar-refractivity contribution is 0.402. The van der Waals surface area contributed by atoms with Crippen LogP contribution in [0.25, 0.3) is 0 Å². The van der Waals surface area contributed by atoms with E-state index >= 15 is 0 Å². The zero-order valence-electron chi connectivity index (χ0n) is 9.58. The molecule has 0 aromatic heterocycles. The van der Waals surface area contributed by atoms with Crippen LogP contribution < -0.4 is 10.5 Å².